The molecule has 0 fully saturated rings. The predicted molar refractivity (Wildman–Crippen MR) is 152 cm³/mol. The van der Waals surface area contributed by atoms with E-state index in [2.05, 4.69) is 4.98 Å². The number of ketones is 1. The van der Waals surface area contributed by atoms with Crippen molar-refractivity contribution in [2.75, 3.05) is 20.3 Å². The summed E-state index contributed by atoms with van der Waals surface area (Å²) in [6.45, 7) is 2.34. The lowest BCUT2D eigenvalue weighted by Gasteiger charge is -2.27. The van der Waals surface area contributed by atoms with Crippen LogP contribution in [0.2, 0.25) is 0 Å². The summed E-state index contributed by atoms with van der Waals surface area (Å²) in [7, 11) is 1.61. The minimum atomic E-state index is -0.875. The fourth-order valence-corrected chi connectivity index (χ4v) is 5.01. The Morgan fingerprint density at radius 1 is 1.07 bits per heavy atom. The fourth-order valence-electron chi connectivity index (χ4n) is 5.01. The summed E-state index contributed by atoms with van der Waals surface area (Å²) in [5.41, 5.74) is 3.22. The number of amides is 1. The van der Waals surface area contributed by atoms with Gasteiger partial charge in [-0.2, -0.15) is 0 Å². The smallest absolute Gasteiger partial charge is 0.290 e. The first-order valence-electron chi connectivity index (χ1n) is 13.0. The number of carbonyl (C=O) groups is 2. The molecule has 8 heteroatoms. The molecule has 4 aromatic rings. The van der Waals surface area contributed by atoms with Gasteiger partial charge in [-0.25, -0.2) is 0 Å². The van der Waals surface area contributed by atoms with Gasteiger partial charge in [0.1, 0.15) is 5.75 Å². The van der Waals surface area contributed by atoms with Gasteiger partial charge >= 0.3 is 0 Å². The molecule has 2 heterocycles. The average molecular weight is 539 g/mol. The molecular formula is C32H30N2O6. The Labute approximate surface area is 231 Å². The molecule has 0 bridgehead atoms. The number of aromatic nitrogens is 1. The van der Waals surface area contributed by atoms with Crippen LogP contribution in [0.1, 0.15) is 29.7 Å². The van der Waals surface area contributed by atoms with Crippen LogP contribution in [0.25, 0.3) is 17.0 Å². The van der Waals surface area contributed by atoms with Crippen LogP contribution in [0.15, 0.2) is 90.3 Å². The van der Waals surface area contributed by atoms with Gasteiger partial charge in [0.25, 0.3) is 5.91 Å². The molecule has 5 rings (SSSR count). The number of aromatic amines is 1. The van der Waals surface area contributed by atoms with Crippen LogP contribution in [-0.4, -0.2) is 52.0 Å². The van der Waals surface area contributed by atoms with Gasteiger partial charge < -0.3 is 29.6 Å². The van der Waals surface area contributed by atoms with Crippen molar-refractivity contribution in [1.82, 2.24) is 9.88 Å². The molecule has 3 aromatic carbocycles. The van der Waals surface area contributed by atoms with Crippen molar-refractivity contribution in [3.05, 3.63) is 107 Å². The van der Waals surface area contributed by atoms with Crippen LogP contribution < -0.4 is 9.47 Å². The standard InChI is InChI=1S/C32H30N2O6/c1-3-40-28-17-21(10-14-26(28)35)30-29(27(36)13-9-20-7-5-4-6-8-20)31(37)32(38)34(30)16-15-22-19-33-25-12-11-23(39-2)18-24(22)25/h4-14,17-19,30,33,35,37H,3,15-16H2,1-2H3/b13-9+/t30-/m1/s1. The molecule has 0 radical (unpaired) electrons. The van der Waals surface area contributed by atoms with Crippen LogP contribution in [0.5, 0.6) is 17.2 Å². The van der Waals surface area contributed by atoms with Crippen molar-refractivity contribution in [2.45, 2.75) is 19.4 Å². The molecule has 0 spiro atoms. The van der Waals surface area contributed by atoms with Crippen molar-refractivity contribution in [3.8, 4) is 17.2 Å². The number of carbonyl (C=O) groups excluding carboxylic acids is 2. The second-order valence-electron chi connectivity index (χ2n) is 9.41. The Morgan fingerprint density at radius 2 is 1.88 bits per heavy atom. The molecule has 0 saturated carbocycles. The molecule has 204 valence electrons. The third-order valence-electron chi connectivity index (χ3n) is 6.99. The maximum Gasteiger partial charge on any atom is 0.290 e. The fraction of sp³-hybridized carbons (Fsp3) is 0.188. The topological polar surface area (TPSA) is 112 Å². The largest absolute Gasteiger partial charge is 0.504 e. The van der Waals surface area contributed by atoms with E-state index in [9.17, 15) is 19.8 Å². The molecule has 1 amide bonds. The van der Waals surface area contributed by atoms with Crippen LogP contribution >= 0.6 is 0 Å². The Bertz CT molecular complexity index is 1620. The summed E-state index contributed by atoms with van der Waals surface area (Å²) in [4.78, 5) is 31.6. The maximum absolute atomic E-state index is 13.5. The number of hydrogen-bond acceptors (Lipinski definition) is 6. The maximum atomic E-state index is 13.5. The highest BCUT2D eigenvalue weighted by Gasteiger charge is 2.43. The van der Waals surface area contributed by atoms with Crippen LogP contribution in [0.4, 0.5) is 0 Å². The van der Waals surface area contributed by atoms with Gasteiger partial charge in [-0.15, -0.1) is 0 Å². The third-order valence-corrected chi connectivity index (χ3v) is 6.99. The van der Waals surface area contributed by atoms with Crippen molar-refractivity contribution >= 4 is 28.7 Å². The van der Waals surface area contributed by atoms with E-state index >= 15 is 0 Å². The number of hydrogen-bond donors (Lipinski definition) is 3. The minimum Gasteiger partial charge on any atom is -0.504 e. The molecule has 1 aromatic heterocycles. The number of phenols is 1. The molecule has 1 atom stereocenters. The number of nitrogens with zero attached hydrogens (tertiary/aromatic N) is 1. The number of allylic oxidation sites excluding steroid dienone is 1. The minimum absolute atomic E-state index is 0.0223. The Kier molecular flexibility index (Phi) is 7.59. The van der Waals surface area contributed by atoms with Crippen LogP contribution in [-0.2, 0) is 16.0 Å². The highest BCUT2D eigenvalue weighted by molar-refractivity contribution is 6.14. The normalized spacial score (nSPS) is 15.4. The number of ether oxygens (including phenoxy) is 2. The van der Waals surface area contributed by atoms with E-state index in [1.54, 1.807) is 32.2 Å². The van der Waals surface area contributed by atoms with Gasteiger partial charge in [0.05, 0.1) is 25.3 Å². The monoisotopic (exact) mass is 538 g/mol. The lowest BCUT2D eigenvalue weighted by Crippen LogP contribution is -2.33. The first-order valence-corrected chi connectivity index (χ1v) is 13.0. The van der Waals surface area contributed by atoms with Crippen molar-refractivity contribution < 1.29 is 29.3 Å². The highest BCUT2D eigenvalue weighted by atomic mass is 16.5. The molecular weight excluding hydrogens is 508 g/mol. The molecule has 8 nitrogen and oxygen atoms in total. The lowest BCUT2D eigenvalue weighted by atomic mass is 9.95. The highest BCUT2D eigenvalue weighted by Crippen LogP contribution is 2.41. The SMILES string of the molecule is CCOc1cc([C@@H]2C(C(=O)/C=C/c3ccccc3)=C(O)C(=O)N2CCc2c[nH]c3ccc(OC)cc23)ccc1O. The molecule has 0 aliphatic carbocycles. The van der Waals surface area contributed by atoms with Crippen LogP contribution in [0, 0.1) is 0 Å². The van der Waals surface area contributed by atoms with Gasteiger partial charge in [0, 0.05) is 23.6 Å². The lowest BCUT2D eigenvalue weighted by molar-refractivity contribution is -0.129. The van der Waals surface area contributed by atoms with Crippen molar-refractivity contribution in [1.29, 1.82) is 0 Å². The number of phenolic OH excluding ortho intramolecular Hbond substituents is 1. The number of aromatic hydroxyl groups is 1. The summed E-state index contributed by atoms with van der Waals surface area (Å²) >= 11 is 0. The van der Waals surface area contributed by atoms with Gasteiger partial charge in [-0.1, -0.05) is 42.5 Å². The number of methoxy groups -OCH3 is 1. The van der Waals surface area contributed by atoms with E-state index in [0.717, 1.165) is 22.0 Å². The summed E-state index contributed by atoms with van der Waals surface area (Å²) in [5.74, 6) is -0.809. The first kappa shape index (κ1) is 26.6. The zero-order chi connectivity index (χ0) is 28.2. The predicted octanol–water partition coefficient (Wildman–Crippen LogP) is 5.50. The zero-order valence-electron chi connectivity index (χ0n) is 22.3. The third kappa shape index (κ3) is 5.16. The summed E-state index contributed by atoms with van der Waals surface area (Å²) in [6, 6.07) is 18.8. The van der Waals surface area contributed by atoms with Crippen molar-refractivity contribution in [3.63, 3.8) is 0 Å². The Morgan fingerprint density at radius 3 is 2.62 bits per heavy atom. The number of aliphatic hydroxyl groups excluding tert-OH is 1. The molecule has 1 aliphatic heterocycles. The molecule has 1 aliphatic rings. The Balaban J connectivity index is 1.50. The second-order valence-corrected chi connectivity index (χ2v) is 9.41. The van der Waals surface area contributed by atoms with E-state index in [1.807, 2.05) is 54.7 Å². The van der Waals surface area contributed by atoms with E-state index in [-0.39, 0.29) is 23.6 Å². The van der Waals surface area contributed by atoms with E-state index in [1.165, 1.54) is 17.0 Å². The number of benzene rings is 3. The molecule has 0 saturated heterocycles. The zero-order valence-corrected chi connectivity index (χ0v) is 22.3. The van der Waals surface area contributed by atoms with Gasteiger partial charge in [-0.05, 0) is 66.4 Å². The second kappa shape index (κ2) is 11.4. The Hall–Kier alpha value is -4.98. The molecule has 0 unspecified atom stereocenters. The summed E-state index contributed by atoms with van der Waals surface area (Å²) in [5, 5.41) is 22.2. The first-order chi connectivity index (χ1) is 19.4. The molecule has 40 heavy (non-hydrogen) atoms. The summed E-state index contributed by atoms with van der Waals surface area (Å²) in [6.07, 6.45) is 5.35. The van der Waals surface area contributed by atoms with Gasteiger partial charge in [0.2, 0.25) is 0 Å². The van der Waals surface area contributed by atoms with E-state index in [4.69, 9.17) is 9.47 Å². The average Bonchev–Trinajstić information content (AvgIpc) is 3.49. The number of fused-ring (bicyclic) bond motifs is 1. The quantitative estimate of drug-likeness (QED) is 0.230. The number of H-pyrrole nitrogens is 1. The number of nitrogens with one attached hydrogen (secondary N) is 1. The molecule has 3 N–H and O–H groups in total. The van der Waals surface area contributed by atoms with E-state index in [0.29, 0.717) is 24.3 Å². The van der Waals surface area contributed by atoms with Crippen molar-refractivity contribution in [2.24, 2.45) is 0 Å². The van der Waals surface area contributed by atoms with Crippen LogP contribution in [0.3, 0.4) is 0 Å². The number of rotatable bonds is 10. The summed E-state index contributed by atoms with van der Waals surface area (Å²) < 4.78 is 10.9. The van der Waals surface area contributed by atoms with E-state index < -0.39 is 23.5 Å². The van der Waals surface area contributed by atoms with Gasteiger partial charge in [-0.3, -0.25) is 9.59 Å². The number of aliphatic hydroxyl groups is 1. The van der Waals surface area contributed by atoms with Gasteiger partial charge in [0.15, 0.2) is 23.0 Å².